The van der Waals surface area contributed by atoms with Crippen molar-refractivity contribution in [3.63, 3.8) is 0 Å². The summed E-state index contributed by atoms with van der Waals surface area (Å²) in [5.74, 6) is -1.26. The minimum Gasteiger partial charge on any atom is -0.481 e. The van der Waals surface area contributed by atoms with E-state index in [-0.39, 0.29) is 30.3 Å². The van der Waals surface area contributed by atoms with Crippen LogP contribution in [0.15, 0.2) is 41.2 Å². The minimum atomic E-state index is -0.954. The normalized spacial score (nSPS) is 11.4. The van der Waals surface area contributed by atoms with Crippen LogP contribution < -0.4 is 5.56 Å². The molecular formula is C23H24FNO3. The number of aryl methyl sites for hydroxylation is 2. The van der Waals surface area contributed by atoms with Gasteiger partial charge < -0.3 is 9.67 Å². The maximum absolute atomic E-state index is 13.9. The van der Waals surface area contributed by atoms with Gasteiger partial charge in [-0.25, -0.2) is 4.39 Å². The number of carboxylic acid groups (broad SMARTS) is 1. The van der Waals surface area contributed by atoms with E-state index in [1.807, 2.05) is 39.0 Å². The SMILES string of the molecule is Cc1ccc2c(-c3ccc(F)c(C)c3)c(C(C)C)n(CCC(=O)O)c(=O)c2c1. The Morgan fingerprint density at radius 3 is 2.43 bits per heavy atom. The monoisotopic (exact) mass is 381 g/mol. The lowest BCUT2D eigenvalue weighted by molar-refractivity contribution is -0.137. The molecule has 2 aromatic carbocycles. The fourth-order valence-corrected chi connectivity index (χ4v) is 3.71. The molecule has 0 amide bonds. The molecule has 146 valence electrons. The van der Waals surface area contributed by atoms with Crippen LogP contribution in [0.4, 0.5) is 4.39 Å². The molecule has 1 heterocycles. The Balaban J connectivity index is 2.46. The molecule has 0 radical (unpaired) electrons. The third-order valence-corrected chi connectivity index (χ3v) is 5.01. The molecule has 0 aliphatic heterocycles. The molecule has 3 aromatic rings. The van der Waals surface area contributed by atoms with Gasteiger partial charge in [0.05, 0.1) is 6.42 Å². The summed E-state index contributed by atoms with van der Waals surface area (Å²) in [7, 11) is 0. The van der Waals surface area contributed by atoms with Gasteiger partial charge >= 0.3 is 5.97 Å². The number of benzene rings is 2. The summed E-state index contributed by atoms with van der Waals surface area (Å²) in [6.07, 6.45) is -0.140. The quantitative estimate of drug-likeness (QED) is 0.675. The Bertz CT molecular complexity index is 1130. The maximum Gasteiger partial charge on any atom is 0.305 e. The molecular weight excluding hydrogens is 357 g/mol. The van der Waals surface area contributed by atoms with E-state index >= 15 is 0 Å². The van der Waals surface area contributed by atoms with E-state index in [1.54, 1.807) is 23.6 Å². The van der Waals surface area contributed by atoms with Crippen molar-refractivity contribution in [3.8, 4) is 11.1 Å². The van der Waals surface area contributed by atoms with Crippen LogP contribution in [0, 0.1) is 19.7 Å². The van der Waals surface area contributed by atoms with E-state index < -0.39 is 5.97 Å². The van der Waals surface area contributed by atoms with Crippen LogP contribution in [0.1, 0.15) is 43.0 Å². The number of fused-ring (bicyclic) bond motifs is 1. The lowest BCUT2D eigenvalue weighted by Gasteiger charge is -2.23. The van der Waals surface area contributed by atoms with Gasteiger partial charge in [0.15, 0.2) is 0 Å². The molecule has 0 atom stereocenters. The first-order valence-electron chi connectivity index (χ1n) is 9.36. The highest BCUT2D eigenvalue weighted by Gasteiger charge is 2.21. The van der Waals surface area contributed by atoms with Gasteiger partial charge in [-0.05, 0) is 54.5 Å². The number of rotatable bonds is 5. The standard InChI is InChI=1S/C23H24FNO3/c1-13(2)22-21(16-6-8-19(24)15(4)12-16)17-7-5-14(3)11-18(17)23(28)25(22)10-9-20(26)27/h5-8,11-13H,9-10H2,1-4H3,(H,26,27). The Morgan fingerprint density at radius 2 is 1.82 bits per heavy atom. The number of hydrogen-bond donors (Lipinski definition) is 1. The minimum absolute atomic E-state index is 0.0208. The number of hydrogen-bond acceptors (Lipinski definition) is 2. The van der Waals surface area contributed by atoms with Gasteiger partial charge in [0.2, 0.25) is 0 Å². The molecule has 1 N–H and O–H groups in total. The Kier molecular flexibility index (Phi) is 5.36. The van der Waals surface area contributed by atoms with Crippen LogP contribution >= 0.6 is 0 Å². The van der Waals surface area contributed by atoms with Crippen molar-refractivity contribution in [2.75, 3.05) is 0 Å². The summed E-state index contributed by atoms with van der Waals surface area (Å²) < 4.78 is 15.5. The zero-order chi connectivity index (χ0) is 20.6. The number of aliphatic carboxylic acids is 1. The van der Waals surface area contributed by atoms with Crippen LogP contribution in [0.25, 0.3) is 21.9 Å². The number of pyridine rings is 1. The lowest BCUT2D eigenvalue weighted by atomic mass is 9.90. The molecule has 1 aromatic heterocycles. The summed E-state index contributed by atoms with van der Waals surface area (Å²) in [4.78, 5) is 24.4. The van der Waals surface area contributed by atoms with Crippen LogP contribution in [0.3, 0.4) is 0 Å². The zero-order valence-corrected chi connectivity index (χ0v) is 16.5. The van der Waals surface area contributed by atoms with Gasteiger partial charge in [0.1, 0.15) is 5.82 Å². The van der Waals surface area contributed by atoms with Crippen molar-refractivity contribution in [2.45, 2.75) is 46.6 Å². The highest BCUT2D eigenvalue weighted by Crippen LogP contribution is 2.35. The van der Waals surface area contributed by atoms with Crippen LogP contribution in [-0.2, 0) is 11.3 Å². The van der Waals surface area contributed by atoms with Gasteiger partial charge in [-0.1, -0.05) is 37.6 Å². The first-order chi connectivity index (χ1) is 13.2. The average Bonchev–Trinajstić information content (AvgIpc) is 2.63. The van der Waals surface area contributed by atoms with Crippen LogP contribution in [0.2, 0.25) is 0 Å². The van der Waals surface area contributed by atoms with Gasteiger partial charge in [0.25, 0.3) is 5.56 Å². The molecule has 0 aliphatic carbocycles. The van der Waals surface area contributed by atoms with Gasteiger partial charge in [-0.3, -0.25) is 9.59 Å². The van der Waals surface area contributed by atoms with E-state index in [0.29, 0.717) is 10.9 Å². The number of aromatic nitrogens is 1. The Labute approximate surface area is 163 Å². The summed E-state index contributed by atoms with van der Waals surface area (Å²) >= 11 is 0. The van der Waals surface area contributed by atoms with Gasteiger partial charge in [-0.2, -0.15) is 0 Å². The first kappa shape index (κ1) is 19.8. The second kappa shape index (κ2) is 7.58. The highest BCUT2D eigenvalue weighted by atomic mass is 19.1. The highest BCUT2D eigenvalue weighted by molar-refractivity contribution is 5.98. The van der Waals surface area contributed by atoms with Crippen molar-refractivity contribution in [1.29, 1.82) is 0 Å². The van der Waals surface area contributed by atoms with E-state index in [4.69, 9.17) is 5.11 Å². The third kappa shape index (κ3) is 3.57. The molecule has 0 bridgehead atoms. The summed E-state index contributed by atoms with van der Waals surface area (Å²) in [6, 6.07) is 10.6. The Hall–Kier alpha value is -2.95. The van der Waals surface area contributed by atoms with Crippen molar-refractivity contribution in [2.24, 2.45) is 0 Å². The molecule has 0 unspecified atom stereocenters. The third-order valence-electron chi connectivity index (χ3n) is 5.01. The van der Waals surface area contributed by atoms with E-state index in [0.717, 1.165) is 27.8 Å². The van der Waals surface area contributed by atoms with Crippen LogP contribution in [-0.4, -0.2) is 15.6 Å². The number of carboxylic acids is 1. The number of halogens is 1. The predicted octanol–water partition coefficient (Wildman–Crippen LogP) is 5.02. The van der Waals surface area contributed by atoms with Gasteiger partial charge in [-0.15, -0.1) is 0 Å². The first-order valence-corrected chi connectivity index (χ1v) is 9.36. The van der Waals surface area contributed by atoms with Gasteiger partial charge in [0, 0.05) is 23.2 Å². The summed E-state index contributed by atoms with van der Waals surface area (Å²) in [5, 5.41) is 10.5. The van der Waals surface area contributed by atoms with E-state index in [2.05, 4.69) is 0 Å². The molecule has 0 saturated carbocycles. The topological polar surface area (TPSA) is 59.3 Å². The van der Waals surface area contributed by atoms with Crippen molar-refractivity contribution in [3.05, 3.63) is 69.4 Å². The number of carbonyl (C=O) groups is 1. The van der Waals surface area contributed by atoms with Crippen molar-refractivity contribution in [1.82, 2.24) is 4.57 Å². The fourth-order valence-electron chi connectivity index (χ4n) is 3.71. The van der Waals surface area contributed by atoms with Crippen molar-refractivity contribution < 1.29 is 14.3 Å². The molecule has 4 nitrogen and oxygen atoms in total. The molecule has 28 heavy (non-hydrogen) atoms. The summed E-state index contributed by atoms with van der Waals surface area (Å²) in [6.45, 7) is 7.68. The smallest absolute Gasteiger partial charge is 0.305 e. The Morgan fingerprint density at radius 1 is 1.11 bits per heavy atom. The molecule has 0 saturated heterocycles. The number of nitrogens with zero attached hydrogens (tertiary/aromatic N) is 1. The second-order valence-electron chi connectivity index (χ2n) is 7.53. The average molecular weight is 381 g/mol. The van der Waals surface area contributed by atoms with E-state index in [9.17, 15) is 14.0 Å². The van der Waals surface area contributed by atoms with Crippen LogP contribution in [0.5, 0.6) is 0 Å². The molecule has 0 fully saturated rings. The molecule has 5 heteroatoms. The molecule has 0 aliphatic rings. The van der Waals surface area contributed by atoms with E-state index in [1.165, 1.54) is 6.07 Å². The lowest BCUT2D eigenvalue weighted by Crippen LogP contribution is -2.27. The largest absolute Gasteiger partial charge is 0.481 e. The predicted molar refractivity (Wildman–Crippen MR) is 109 cm³/mol. The zero-order valence-electron chi connectivity index (χ0n) is 16.5. The second-order valence-corrected chi connectivity index (χ2v) is 7.53. The molecule has 3 rings (SSSR count). The fraction of sp³-hybridized carbons (Fsp3) is 0.304. The summed E-state index contributed by atoms with van der Waals surface area (Å²) in [5.41, 5.74) is 3.74. The maximum atomic E-state index is 13.9. The molecule has 0 spiro atoms. The van der Waals surface area contributed by atoms with Crippen molar-refractivity contribution >= 4 is 16.7 Å².